The molecule has 1 aliphatic heterocycles. The molecule has 3 aromatic carbocycles. The van der Waals surface area contributed by atoms with E-state index in [0.29, 0.717) is 12.1 Å². The van der Waals surface area contributed by atoms with Gasteiger partial charge in [-0.15, -0.1) is 0 Å². The van der Waals surface area contributed by atoms with Crippen molar-refractivity contribution in [1.29, 1.82) is 0 Å². The summed E-state index contributed by atoms with van der Waals surface area (Å²) in [6.45, 7) is 6.52. The van der Waals surface area contributed by atoms with Crippen LogP contribution in [0.2, 0.25) is 0 Å². The van der Waals surface area contributed by atoms with Crippen molar-refractivity contribution in [2.24, 2.45) is 0 Å². The highest BCUT2D eigenvalue weighted by molar-refractivity contribution is 5.95. The maximum atomic E-state index is 13.2. The fourth-order valence-electron chi connectivity index (χ4n) is 4.49. The number of esters is 1. The highest BCUT2D eigenvalue weighted by Gasteiger charge is 2.21. The number of alkyl carbamates (subject to hydrolysis) is 1. The van der Waals surface area contributed by atoms with Gasteiger partial charge in [0.15, 0.2) is 0 Å². The summed E-state index contributed by atoms with van der Waals surface area (Å²) in [7, 11) is 0. The van der Waals surface area contributed by atoms with Gasteiger partial charge >= 0.3 is 18.2 Å². The third-order valence-electron chi connectivity index (χ3n) is 6.75. The molecule has 1 aliphatic rings. The van der Waals surface area contributed by atoms with Gasteiger partial charge in [0.25, 0.3) is 0 Å². The first kappa shape index (κ1) is 36.5. The molecule has 4 rings (SSSR count). The van der Waals surface area contributed by atoms with E-state index in [1.807, 2.05) is 48.5 Å². The van der Waals surface area contributed by atoms with Gasteiger partial charge in [-0.25, -0.2) is 14.4 Å². The Balaban J connectivity index is 1.02. The number of benzene rings is 3. The number of nitrogens with one attached hydrogen (secondary N) is 1. The molecule has 0 unspecified atom stereocenters. The zero-order valence-electron chi connectivity index (χ0n) is 27.8. The molecular weight excluding hydrogens is 632 g/mol. The molecule has 49 heavy (non-hydrogen) atoms. The Morgan fingerprint density at radius 1 is 0.755 bits per heavy atom. The minimum atomic E-state index is -0.909. The second kappa shape index (κ2) is 18.2. The molecular formula is C37H40N2O10. The van der Waals surface area contributed by atoms with Crippen LogP contribution in [0.4, 0.5) is 15.3 Å². The molecule has 12 nitrogen and oxygen atoms in total. The minimum absolute atomic E-state index is 0.0163. The maximum Gasteiger partial charge on any atom is 0.513 e. The smallest absolute Gasteiger partial charge is 0.456 e. The number of hydrogen-bond acceptors (Lipinski definition) is 10. The summed E-state index contributed by atoms with van der Waals surface area (Å²) in [5.74, 6) is 5.94. The van der Waals surface area contributed by atoms with Crippen molar-refractivity contribution in [3.05, 3.63) is 95.1 Å². The number of rotatable bonds is 14. The largest absolute Gasteiger partial charge is 0.513 e. The number of amides is 2. The van der Waals surface area contributed by atoms with Gasteiger partial charge in [0.2, 0.25) is 5.91 Å². The summed E-state index contributed by atoms with van der Waals surface area (Å²) in [6, 6.07) is 21.1. The van der Waals surface area contributed by atoms with Gasteiger partial charge in [-0.05, 0) is 68.8 Å². The van der Waals surface area contributed by atoms with Crippen LogP contribution in [0.5, 0.6) is 5.75 Å². The number of fused-ring (bicyclic) bond motifs is 2. The van der Waals surface area contributed by atoms with E-state index < -0.39 is 23.8 Å². The van der Waals surface area contributed by atoms with Crippen LogP contribution in [-0.2, 0) is 35.0 Å². The van der Waals surface area contributed by atoms with Gasteiger partial charge in [0.1, 0.15) is 24.6 Å². The van der Waals surface area contributed by atoms with Gasteiger partial charge in [0, 0.05) is 24.1 Å². The Hall–Kier alpha value is -5.38. The maximum absolute atomic E-state index is 13.2. The second-order valence-corrected chi connectivity index (χ2v) is 11.7. The fraction of sp³-hybridized carbons (Fsp3) is 0.351. The van der Waals surface area contributed by atoms with Crippen molar-refractivity contribution in [3.8, 4) is 17.6 Å². The van der Waals surface area contributed by atoms with Crippen LogP contribution >= 0.6 is 0 Å². The van der Waals surface area contributed by atoms with Crippen LogP contribution < -0.4 is 15.0 Å². The summed E-state index contributed by atoms with van der Waals surface area (Å²) in [5.41, 5.74) is 3.03. The van der Waals surface area contributed by atoms with Crippen molar-refractivity contribution in [2.75, 3.05) is 51.1 Å². The summed E-state index contributed by atoms with van der Waals surface area (Å²) in [4.78, 5) is 51.0. The standard InChI is InChI=1S/C37H40N2O10/c1-37(2,3)49-34(41)29-14-16-31(17-15-29)48-36(43)47-25-23-45-21-20-44-22-24-46-35(42)38-19-18-33(40)39-26-30-10-5-4-8-27(30)12-13-28-9-6-7-11-32(28)39/h4-11,14-17H,18-26H2,1-3H3,(H,38,42). The molecule has 1 heterocycles. The third-order valence-corrected chi connectivity index (χ3v) is 6.75. The lowest BCUT2D eigenvalue weighted by Crippen LogP contribution is -2.35. The average molecular weight is 673 g/mol. The molecule has 258 valence electrons. The SMILES string of the molecule is CC(C)(C)OC(=O)c1ccc(OC(=O)OCCOCCOCCOC(=O)NCCC(=O)N2Cc3ccccc3C#Cc3ccccc32)cc1. The van der Waals surface area contributed by atoms with Crippen LogP contribution in [0.15, 0.2) is 72.8 Å². The molecule has 0 saturated carbocycles. The number of anilines is 1. The molecule has 0 spiro atoms. The van der Waals surface area contributed by atoms with E-state index in [1.54, 1.807) is 25.7 Å². The van der Waals surface area contributed by atoms with Crippen molar-refractivity contribution in [2.45, 2.75) is 39.3 Å². The zero-order chi connectivity index (χ0) is 35.1. The van der Waals surface area contributed by atoms with Gasteiger partial charge in [-0.2, -0.15) is 0 Å². The summed E-state index contributed by atoms with van der Waals surface area (Å²) in [5, 5.41) is 2.60. The normalized spacial score (nSPS) is 11.8. The van der Waals surface area contributed by atoms with Crippen molar-refractivity contribution in [1.82, 2.24) is 5.32 Å². The van der Waals surface area contributed by atoms with Crippen molar-refractivity contribution >= 4 is 29.8 Å². The lowest BCUT2D eigenvalue weighted by molar-refractivity contribution is -0.118. The summed E-state index contributed by atoms with van der Waals surface area (Å²) < 4.78 is 31.2. The quantitative estimate of drug-likeness (QED) is 0.0794. The lowest BCUT2D eigenvalue weighted by atomic mass is 10.0. The fourth-order valence-corrected chi connectivity index (χ4v) is 4.49. The Bertz CT molecular complexity index is 1650. The van der Waals surface area contributed by atoms with E-state index in [1.165, 1.54) is 24.3 Å². The Morgan fingerprint density at radius 3 is 2.08 bits per heavy atom. The molecule has 1 N–H and O–H groups in total. The molecule has 3 aromatic rings. The Kier molecular flexibility index (Phi) is 13.6. The predicted octanol–water partition coefficient (Wildman–Crippen LogP) is 5.25. The molecule has 0 aromatic heterocycles. The summed E-state index contributed by atoms with van der Waals surface area (Å²) in [6.07, 6.45) is -1.48. The molecule has 0 bridgehead atoms. The van der Waals surface area contributed by atoms with Crippen LogP contribution in [0.25, 0.3) is 0 Å². The van der Waals surface area contributed by atoms with Crippen LogP contribution in [0.1, 0.15) is 54.2 Å². The number of carbonyl (C=O) groups excluding carboxylic acids is 4. The molecule has 2 amide bonds. The van der Waals surface area contributed by atoms with Crippen molar-refractivity contribution in [3.63, 3.8) is 0 Å². The number of para-hydroxylation sites is 1. The van der Waals surface area contributed by atoms with Crippen LogP contribution in [0.3, 0.4) is 0 Å². The van der Waals surface area contributed by atoms with Gasteiger partial charge < -0.3 is 38.6 Å². The first-order valence-electron chi connectivity index (χ1n) is 15.8. The Labute approximate surface area is 285 Å². The minimum Gasteiger partial charge on any atom is -0.456 e. The van der Waals surface area contributed by atoms with Gasteiger partial charge in [-0.3, -0.25) is 4.79 Å². The average Bonchev–Trinajstić information content (AvgIpc) is 3.06. The molecule has 0 fully saturated rings. The molecule has 0 saturated heterocycles. The van der Waals surface area contributed by atoms with E-state index in [4.69, 9.17) is 28.4 Å². The number of ether oxygens (including phenoxy) is 6. The van der Waals surface area contributed by atoms with Gasteiger partial charge in [0.05, 0.1) is 44.2 Å². The molecule has 0 aliphatic carbocycles. The molecule has 12 heteroatoms. The highest BCUT2D eigenvalue weighted by atomic mass is 16.7. The second-order valence-electron chi connectivity index (χ2n) is 11.7. The molecule has 0 atom stereocenters. The van der Waals surface area contributed by atoms with Crippen LogP contribution in [0, 0.1) is 11.8 Å². The summed E-state index contributed by atoms with van der Waals surface area (Å²) >= 11 is 0. The number of nitrogens with zero attached hydrogens (tertiary/aromatic N) is 1. The van der Waals surface area contributed by atoms with Gasteiger partial charge in [-0.1, -0.05) is 42.2 Å². The van der Waals surface area contributed by atoms with Crippen LogP contribution in [-0.4, -0.2) is 75.9 Å². The lowest BCUT2D eigenvalue weighted by Gasteiger charge is -2.26. The number of hydrogen-bond donors (Lipinski definition) is 1. The van der Waals surface area contributed by atoms with Crippen molar-refractivity contribution < 1.29 is 47.6 Å². The Morgan fingerprint density at radius 2 is 1.37 bits per heavy atom. The monoisotopic (exact) mass is 672 g/mol. The predicted molar refractivity (Wildman–Crippen MR) is 179 cm³/mol. The molecule has 0 radical (unpaired) electrons. The zero-order valence-corrected chi connectivity index (χ0v) is 27.8. The van der Waals surface area contributed by atoms with E-state index in [-0.39, 0.29) is 64.3 Å². The van der Waals surface area contributed by atoms with E-state index in [9.17, 15) is 19.2 Å². The first-order valence-corrected chi connectivity index (χ1v) is 15.8. The van der Waals surface area contributed by atoms with E-state index >= 15 is 0 Å². The van der Waals surface area contributed by atoms with E-state index in [0.717, 1.165) is 22.4 Å². The highest BCUT2D eigenvalue weighted by Crippen LogP contribution is 2.26. The van der Waals surface area contributed by atoms with E-state index in [2.05, 4.69) is 17.2 Å². The first-order chi connectivity index (χ1) is 23.6. The third kappa shape index (κ3) is 12.3. The number of carbonyl (C=O) groups is 4. The topological polar surface area (TPSA) is 139 Å².